The number of hydrogen-bond donors (Lipinski definition) is 0. The summed E-state index contributed by atoms with van der Waals surface area (Å²) in [5, 5.41) is 0. The zero-order chi connectivity index (χ0) is 30.8. The zero-order valence-electron chi connectivity index (χ0n) is 25.0. The fraction of sp³-hybridized carbons (Fsp3) is 0.273. The van der Waals surface area contributed by atoms with Crippen molar-refractivity contribution in [2.45, 2.75) is 40.0 Å². The minimum absolute atomic E-state index is 0.141. The van der Waals surface area contributed by atoms with Crippen LogP contribution in [0.1, 0.15) is 47.6 Å². The first kappa shape index (κ1) is 30.3. The number of fused-ring (bicyclic) bond motifs is 1. The number of rotatable bonds is 9. The number of ether oxygens (including phenoxy) is 3. The van der Waals surface area contributed by atoms with Gasteiger partial charge in [-0.3, -0.25) is 18.9 Å². The van der Waals surface area contributed by atoms with Gasteiger partial charge < -0.3 is 14.2 Å². The molecule has 0 radical (unpaired) electrons. The van der Waals surface area contributed by atoms with Crippen molar-refractivity contribution in [3.63, 3.8) is 0 Å². The number of nitrogens with zero attached hydrogens (tertiary/aromatic N) is 3. The number of hydrogen-bond acceptors (Lipinski definition) is 8. The van der Waals surface area contributed by atoms with Gasteiger partial charge in [0.1, 0.15) is 21.3 Å². The number of aromatic nitrogens is 2. The Labute approximate surface area is 260 Å². The second kappa shape index (κ2) is 12.6. The molecular formula is C33H33N3O5S2. The van der Waals surface area contributed by atoms with Gasteiger partial charge in [0.05, 0.1) is 19.1 Å². The highest BCUT2D eigenvalue weighted by Crippen LogP contribution is 2.36. The van der Waals surface area contributed by atoms with Gasteiger partial charge in [0.15, 0.2) is 11.5 Å². The van der Waals surface area contributed by atoms with Crippen molar-refractivity contribution in [3.8, 4) is 23.1 Å². The maximum absolute atomic E-state index is 13.9. The van der Waals surface area contributed by atoms with E-state index in [4.69, 9.17) is 31.4 Å². The van der Waals surface area contributed by atoms with E-state index < -0.39 is 0 Å². The maximum Gasteiger partial charge on any atom is 0.269 e. The minimum Gasteiger partial charge on any atom is -0.493 e. The Bertz CT molecular complexity index is 1830. The second-order valence-corrected chi connectivity index (χ2v) is 12.3. The van der Waals surface area contributed by atoms with Gasteiger partial charge in [0, 0.05) is 12.7 Å². The predicted octanol–water partition coefficient (Wildman–Crippen LogP) is 6.69. The second-order valence-electron chi connectivity index (χ2n) is 10.6. The first-order chi connectivity index (χ1) is 20.6. The Morgan fingerprint density at radius 2 is 1.77 bits per heavy atom. The molecule has 1 saturated heterocycles. The maximum atomic E-state index is 13.9. The van der Waals surface area contributed by atoms with E-state index in [1.807, 2.05) is 56.3 Å². The molecule has 2 aromatic carbocycles. The molecule has 222 valence electrons. The van der Waals surface area contributed by atoms with E-state index in [0.717, 1.165) is 34.0 Å². The summed E-state index contributed by atoms with van der Waals surface area (Å²) < 4.78 is 19.0. The Morgan fingerprint density at radius 3 is 2.49 bits per heavy atom. The molecule has 0 spiro atoms. The summed E-state index contributed by atoms with van der Waals surface area (Å²) in [7, 11) is 3.17. The number of thioether (sulfide) groups is 1. The third-order valence-corrected chi connectivity index (χ3v) is 8.65. The smallest absolute Gasteiger partial charge is 0.269 e. The fourth-order valence-electron chi connectivity index (χ4n) is 4.91. The van der Waals surface area contributed by atoms with Gasteiger partial charge in [-0.2, -0.15) is 4.98 Å². The largest absolute Gasteiger partial charge is 0.493 e. The highest BCUT2D eigenvalue weighted by molar-refractivity contribution is 8.26. The average molecular weight is 616 g/mol. The molecule has 43 heavy (non-hydrogen) atoms. The van der Waals surface area contributed by atoms with Crippen LogP contribution in [-0.4, -0.2) is 45.3 Å². The number of carbonyl (C=O) groups is 1. The van der Waals surface area contributed by atoms with Crippen molar-refractivity contribution in [3.05, 3.63) is 97.8 Å². The van der Waals surface area contributed by atoms with E-state index in [1.54, 1.807) is 37.5 Å². The van der Waals surface area contributed by atoms with E-state index >= 15 is 0 Å². The molecule has 1 amide bonds. The van der Waals surface area contributed by atoms with Crippen LogP contribution in [0.4, 0.5) is 0 Å². The molecular weight excluding hydrogens is 583 g/mol. The molecule has 0 saturated carbocycles. The topological polar surface area (TPSA) is 82.4 Å². The van der Waals surface area contributed by atoms with Crippen molar-refractivity contribution in [1.82, 2.24) is 14.3 Å². The molecule has 0 bridgehead atoms. The van der Waals surface area contributed by atoms with Crippen LogP contribution in [0, 0.1) is 13.8 Å². The normalized spacial score (nSPS) is 14.3. The Balaban J connectivity index is 1.52. The number of pyridine rings is 1. The van der Waals surface area contributed by atoms with Crippen LogP contribution >= 0.6 is 24.0 Å². The van der Waals surface area contributed by atoms with E-state index in [0.29, 0.717) is 45.1 Å². The molecule has 4 aromatic rings. The molecule has 0 unspecified atom stereocenters. The van der Waals surface area contributed by atoms with Crippen LogP contribution < -0.4 is 19.8 Å². The van der Waals surface area contributed by atoms with Crippen molar-refractivity contribution < 1.29 is 19.0 Å². The number of amides is 1. The van der Waals surface area contributed by atoms with E-state index in [-0.39, 0.29) is 28.8 Å². The molecule has 0 aliphatic carbocycles. The van der Waals surface area contributed by atoms with Crippen molar-refractivity contribution in [2.24, 2.45) is 0 Å². The number of methoxy groups -OCH3 is 2. The zero-order valence-corrected chi connectivity index (χ0v) is 26.6. The number of aryl methyl sites for hydroxylation is 2. The van der Waals surface area contributed by atoms with E-state index in [1.165, 1.54) is 4.40 Å². The lowest BCUT2D eigenvalue weighted by atomic mass is 10.0. The third-order valence-electron chi connectivity index (χ3n) is 7.27. The Kier molecular flexibility index (Phi) is 8.89. The van der Waals surface area contributed by atoms with Crippen LogP contribution in [0.5, 0.6) is 23.1 Å². The lowest BCUT2D eigenvalue weighted by Gasteiger charge is -2.16. The van der Waals surface area contributed by atoms with E-state index in [9.17, 15) is 9.59 Å². The van der Waals surface area contributed by atoms with Gasteiger partial charge >= 0.3 is 0 Å². The summed E-state index contributed by atoms with van der Waals surface area (Å²) in [5.74, 6) is 1.93. The SMILES string of the molecule is COc1ccc(CCN2C(=O)/C(=C\c3c(Oc4cc(C)ccc4C(C)C)nc4c(C)cccn4c3=O)SC2=S)cc1OC. The van der Waals surface area contributed by atoms with Gasteiger partial charge in [0.25, 0.3) is 11.5 Å². The van der Waals surface area contributed by atoms with Crippen molar-refractivity contribution >= 4 is 45.9 Å². The first-order valence-corrected chi connectivity index (χ1v) is 15.1. The van der Waals surface area contributed by atoms with Crippen LogP contribution in [0.25, 0.3) is 11.7 Å². The predicted molar refractivity (Wildman–Crippen MR) is 175 cm³/mol. The Morgan fingerprint density at radius 1 is 1.00 bits per heavy atom. The minimum atomic E-state index is -0.335. The summed E-state index contributed by atoms with van der Waals surface area (Å²) in [6.45, 7) is 8.41. The molecule has 2 aromatic heterocycles. The molecule has 1 aliphatic heterocycles. The molecule has 1 aliphatic rings. The average Bonchev–Trinajstić information content (AvgIpc) is 3.25. The quantitative estimate of drug-likeness (QED) is 0.152. The lowest BCUT2D eigenvalue weighted by Crippen LogP contribution is -2.30. The molecule has 0 atom stereocenters. The van der Waals surface area contributed by atoms with Crippen LogP contribution in [-0.2, 0) is 11.2 Å². The fourth-order valence-corrected chi connectivity index (χ4v) is 6.20. The summed E-state index contributed by atoms with van der Waals surface area (Å²) >= 11 is 6.75. The molecule has 10 heteroatoms. The molecule has 3 heterocycles. The highest BCUT2D eigenvalue weighted by Gasteiger charge is 2.33. The summed E-state index contributed by atoms with van der Waals surface area (Å²) in [6, 6.07) is 15.3. The van der Waals surface area contributed by atoms with Gasteiger partial charge in [-0.1, -0.05) is 62.1 Å². The molecule has 8 nitrogen and oxygen atoms in total. The first-order valence-electron chi connectivity index (χ1n) is 13.9. The summed E-state index contributed by atoms with van der Waals surface area (Å²) in [4.78, 5) is 34.1. The standard InChI is InChI=1S/C33H33N3O5S2/c1-19(2)23-11-9-20(3)16-26(23)41-30-24(31(37)35-14-7-8-21(4)29(35)34-30)18-28-32(38)36(33(42)43-28)15-13-22-10-12-25(39-5)27(17-22)40-6/h7-12,14,16-19H,13,15H2,1-6H3/b28-18+. The van der Waals surface area contributed by atoms with Crippen LogP contribution in [0.2, 0.25) is 0 Å². The summed E-state index contributed by atoms with van der Waals surface area (Å²) in [5.41, 5.74) is 4.14. The highest BCUT2D eigenvalue weighted by atomic mass is 32.2. The molecule has 1 fully saturated rings. The van der Waals surface area contributed by atoms with Gasteiger partial charge in [-0.25, -0.2) is 0 Å². The van der Waals surface area contributed by atoms with Crippen LogP contribution in [0.15, 0.2) is 64.4 Å². The van der Waals surface area contributed by atoms with Crippen LogP contribution in [0.3, 0.4) is 0 Å². The molecule has 0 N–H and O–H groups in total. The number of thiocarbonyl (C=S) groups is 1. The lowest BCUT2D eigenvalue weighted by molar-refractivity contribution is -0.122. The third kappa shape index (κ3) is 6.16. The van der Waals surface area contributed by atoms with Gasteiger partial charge in [-0.05, 0) is 78.8 Å². The Hall–Kier alpha value is -4.15. The molecule has 5 rings (SSSR count). The van der Waals surface area contributed by atoms with Gasteiger partial charge in [-0.15, -0.1) is 0 Å². The number of carbonyl (C=O) groups excluding carboxylic acids is 1. The monoisotopic (exact) mass is 615 g/mol. The number of benzene rings is 2. The summed E-state index contributed by atoms with van der Waals surface area (Å²) in [6.07, 6.45) is 3.78. The van der Waals surface area contributed by atoms with Gasteiger partial charge in [0.2, 0.25) is 5.88 Å². The van der Waals surface area contributed by atoms with Crippen molar-refractivity contribution in [2.75, 3.05) is 20.8 Å². The van der Waals surface area contributed by atoms with E-state index in [2.05, 4.69) is 13.8 Å². The van der Waals surface area contributed by atoms with Crippen molar-refractivity contribution in [1.29, 1.82) is 0 Å².